The van der Waals surface area contributed by atoms with Crippen LogP contribution in [0.5, 0.6) is 0 Å². The molecule has 0 aromatic carbocycles. The van der Waals surface area contributed by atoms with Gasteiger partial charge in [-0.15, -0.1) is 0 Å². The molecule has 1 aliphatic heterocycles. The van der Waals surface area contributed by atoms with Crippen molar-refractivity contribution in [3.63, 3.8) is 0 Å². The number of carbonyl (C=O) groups is 1. The third kappa shape index (κ3) is 8.71. The van der Waals surface area contributed by atoms with E-state index in [1.54, 1.807) is 12.1 Å². The van der Waals surface area contributed by atoms with E-state index < -0.39 is 0 Å². The number of nitrogens with zero attached hydrogens (tertiary/aromatic N) is 3. The van der Waals surface area contributed by atoms with Crippen LogP contribution in [0.1, 0.15) is 6.92 Å². The first-order valence-electron chi connectivity index (χ1n) is 7.12. The van der Waals surface area contributed by atoms with Gasteiger partial charge in [0.25, 0.3) is 0 Å². The molecule has 0 saturated carbocycles. The van der Waals surface area contributed by atoms with E-state index in [0.29, 0.717) is 59.3 Å². The van der Waals surface area contributed by atoms with Gasteiger partial charge in [-0.25, -0.2) is 0 Å². The molecule has 0 aromatic rings. The molecule has 0 N–H and O–H groups in total. The van der Waals surface area contributed by atoms with E-state index in [1.807, 2.05) is 0 Å². The van der Waals surface area contributed by atoms with Gasteiger partial charge in [0.2, 0.25) is 0 Å². The fourth-order valence-corrected chi connectivity index (χ4v) is 1.61. The van der Waals surface area contributed by atoms with Crippen LogP contribution in [0.2, 0.25) is 0 Å². The van der Waals surface area contributed by atoms with E-state index >= 15 is 0 Å². The molecule has 1 unspecified atom stereocenters. The lowest BCUT2D eigenvalue weighted by atomic mass is 10.2. The molecular formula is C13H25N3O5. The first-order valence-corrected chi connectivity index (χ1v) is 7.12. The average Bonchev–Trinajstić information content (AvgIpc) is 2.94. The van der Waals surface area contributed by atoms with Gasteiger partial charge in [0.15, 0.2) is 5.78 Å². The van der Waals surface area contributed by atoms with Crippen molar-refractivity contribution in [3.05, 3.63) is 0 Å². The second kappa shape index (κ2) is 11.6. The molecule has 8 heteroatoms. The lowest BCUT2D eigenvalue weighted by molar-refractivity contribution is -0.118. The molecule has 0 bridgehead atoms. The minimum atomic E-state index is -0.313. The van der Waals surface area contributed by atoms with Crippen molar-refractivity contribution in [1.82, 2.24) is 5.01 Å². The van der Waals surface area contributed by atoms with Crippen LogP contribution >= 0.6 is 0 Å². The van der Waals surface area contributed by atoms with Crippen LogP contribution in [0, 0.1) is 0 Å². The summed E-state index contributed by atoms with van der Waals surface area (Å²) in [4.78, 5) is 11.1. The number of hydrogen-bond donors (Lipinski definition) is 0. The Morgan fingerprint density at radius 1 is 1.05 bits per heavy atom. The molecule has 0 aliphatic carbocycles. The summed E-state index contributed by atoms with van der Waals surface area (Å²) in [5, 5.41) is 9.55. The Bertz CT molecular complexity index is 314. The molecule has 0 saturated heterocycles. The number of ketones is 1. The molecule has 0 amide bonds. The van der Waals surface area contributed by atoms with Gasteiger partial charge < -0.3 is 18.9 Å². The van der Waals surface area contributed by atoms with Gasteiger partial charge in [0, 0.05) is 7.11 Å². The molecule has 1 aliphatic rings. The van der Waals surface area contributed by atoms with Crippen LogP contribution in [0.4, 0.5) is 0 Å². The number of carbonyl (C=O) groups excluding carboxylic acids is 1. The molecule has 122 valence electrons. The molecule has 0 fully saturated rings. The van der Waals surface area contributed by atoms with Gasteiger partial charge >= 0.3 is 0 Å². The highest BCUT2D eigenvalue weighted by molar-refractivity contribution is 5.81. The summed E-state index contributed by atoms with van der Waals surface area (Å²) in [5.41, 5.74) is 0. The minimum absolute atomic E-state index is 0.0447. The molecule has 0 spiro atoms. The zero-order valence-electron chi connectivity index (χ0n) is 12.8. The van der Waals surface area contributed by atoms with Gasteiger partial charge in [-0.1, -0.05) is 5.22 Å². The van der Waals surface area contributed by atoms with Gasteiger partial charge in [-0.2, -0.15) is 5.11 Å². The zero-order valence-corrected chi connectivity index (χ0v) is 12.8. The summed E-state index contributed by atoms with van der Waals surface area (Å²) in [6.07, 6.45) is 0. The van der Waals surface area contributed by atoms with Crippen molar-refractivity contribution in [3.8, 4) is 0 Å². The molecule has 0 radical (unpaired) electrons. The van der Waals surface area contributed by atoms with Gasteiger partial charge in [-0.3, -0.25) is 9.80 Å². The largest absolute Gasteiger partial charge is 0.382 e. The Morgan fingerprint density at radius 2 is 1.62 bits per heavy atom. The lowest BCUT2D eigenvalue weighted by Gasteiger charge is -2.13. The van der Waals surface area contributed by atoms with Crippen molar-refractivity contribution in [2.75, 3.05) is 66.4 Å². The Balaban J connectivity index is 1.81. The van der Waals surface area contributed by atoms with E-state index in [9.17, 15) is 4.79 Å². The molecule has 1 heterocycles. The maximum Gasteiger partial charge on any atom is 0.158 e. The summed E-state index contributed by atoms with van der Waals surface area (Å²) in [6.45, 7) is 6.60. The number of Topliss-reactive ketones (excluding diaryl/α,β-unsaturated/α-hetero) is 1. The van der Waals surface area contributed by atoms with Crippen molar-refractivity contribution in [1.29, 1.82) is 0 Å². The third-order valence-corrected chi connectivity index (χ3v) is 2.84. The number of methoxy groups -OCH3 is 1. The van der Waals surface area contributed by atoms with Gasteiger partial charge in [-0.05, 0) is 6.92 Å². The molecular weight excluding hydrogens is 278 g/mol. The highest BCUT2D eigenvalue weighted by Crippen LogP contribution is 2.08. The van der Waals surface area contributed by atoms with Crippen molar-refractivity contribution in [2.45, 2.75) is 13.0 Å². The topological polar surface area (TPSA) is 82.0 Å². The molecule has 0 aromatic heterocycles. The van der Waals surface area contributed by atoms with E-state index in [-0.39, 0.29) is 11.8 Å². The fourth-order valence-electron chi connectivity index (χ4n) is 1.61. The zero-order chi connectivity index (χ0) is 15.3. The van der Waals surface area contributed by atoms with Gasteiger partial charge in [0.1, 0.15) is 6.04 Å². The molecule has 21 heavy (non-hydrogen) atoms. The van der Waals surface area contributed by atoms with Gasteiger partial charge in [0.05, 0.1) is 59.3 Å². The Morgan fingerprint density at radius 3 is 2.14 bits per heavy atom. The monoisotopic (exact) mass is 303 g/mol. The smallest absolute Gasteiger partial charge is 0.158 e. The van der Waals surface area contributed by atoms with E-state index in [4.69, 9.17) is 18.9 Å². The SMILES string of the molecule is COCCOCCOCCOCCN1CC(C(C)=O)N=N1. The maximum atomic E-state index is 11.1. The Hall–Kier alpha value is -1.09. The summed E-state index contributed by atoms with van der Waals surface area (Å²) in [6, 6.07) is -0.313. The van der Waals surface area contributed by atoms with Crippen LogP contribution in [0.25, 0.3) is 0 Å². The number of ether oxygens (including phenoxy) is 4. The summed E-state index contributed by atoms with van der Waals surface area (Å²) < 4.78 is 20.9. The van der Waals surface area contributed by atoms with Crippen LogP contribution in [0.3, 0.4) is 0 Å². The standard InChI is InChI=1S/C13H25N3O5/c1-12(17)13-11-16(15-14-13)3-4-19-7-8-21-10-9-20-6-5-18-2/h13H,3-11H2,1-2H3. The maximum absolute atomic E-state index is 11.1. The minimum Gasteiger partial charge on any atom is -0.382 e. The summed E-state index contributed by atoms with van der Waals surface area (Å²) in [7, 11) is 1.64. The fraction of sp³-hybridized carbons (Fsp3) is 0.923. The Kier molecular flexibility index (Phi) is 9.88. The van der Waals surface area contributed by atoms with Crippen LogP contribution in [-0.4, -0.2) is 83.3 Å². The first-order chi connectivity index (χ1) is 10.2. The lowest BCUT2D eigenvalue weighted by Crippen LogP contribution is -2.28. The summed E-state index contributed by atoms with van der Waals surface area (Å²) >= 11 is 0. The third-order valence-electron chi connectivity index (χ3n) is 2.84. The van der Waals surface area contributed by atoms with Crippen molar-refractivity contribution < 1.29 is 23.7 Å². The number of hydrogen-bond acceptors (Lipinski definition) is 8. The average molecular weight is 303 g/mol. The van der Waals surface area contributed by atoms with Crippen molar-refractivity contribution in [2.24, 2.45) is 10.3 Å². The predicted octanol–water partition coefficient (Wildman–Crippen LogP) is 0.323. The van der Waals surface area contributed by atoms with Crippen LogP contribution in [0.15, 0.2) is 10.3 Å². The highest BCUT2D eigenvalue weighted by atomic mass is 16.6. The molecule has 1 rings (SSSR count). The normalized spacial score (nSPS) is 17.6. The number of rotatable bonds is 13. The summed E-state index contributed by atoms with van der Waals surface area (Å²) in [5.74, 6) is 0.0447. The highest BCUT2D eigenvalue weighted by Gasteiger charge is 2.22. The second-order valence-corrected chi connectivity index (χ2v) is 4.57. The van der Waals surface area contributed by atoms with E-state index in [0.717, 1.165) is 0 Å². The first kappa shape index (κ1) is 18.0. The van der Waals surface area contributed by atoms with Crippen molar-refractivity contribution >= 4 is 5.78 Å². The van der Waals surface area contributed by atoms with E-state index in [1.165, 1.54) is 6.92 Å². The van der Waals surface area contributed by atoms with Crippen LogP contribution in [-0.2, 0) is 23.7 Å². The molecule has 8 nitrogen and oxygen atoms in total. The molecule has 1 atom stereocenters. The van der Waals surface area contributed by atoms with Crippen LogP contribution < -0.4 is 0 Å². The Labute approximate surface area is 125 Å². The van der Waals surface area contributed by atoms with E-state index in [2.05, 4.69) is 10.3 Å². The quantitative estimate of drug-likeness (QED) is 0.456. The predicted molar refractivity (Wildman–Crippen MR) is 75.2 cm³/mol. The second-order valence-electron chi connectivity index (χ2n) is 4.57.